The first-order valence-corrected chi connectivity index (χ1v) is 8.52. The Bertz CT molecular complexity index is 862. The molecule has 2 aromatic rings. The van der Waals surface area contributed by atoms with Gasteiger partial charge in [0.1, 0.15) is 17.0 Å². The number of Topliss-reactive ketones (excluding diaryl/α,β-unsaturated/α-hetero) is 1. The number of likely N-dealkylation sites (tertiary alicyclic amines) is 1. The maximum Gasteiger partial charge on any atom is 0.410 e. The van der Waals surface area contributed by atoms with Gasteiger partial charge in [-0.25, -0.2) is 4.79 Å². The summed E-state index contributed by atoms with van der Waals surface area (Å²) in [5.74, 6) is -0.445. The fraction of sp³-hybridized carbons (Fsp3) is 0.400. The molecule has 2 aromatic carbocycles. The topological polar surface area (TPSA) is 87.1 Å². The van der Waals surface area contributed by atoms with Gasteiger partial charge in [0, 0.05) is 11.8 Å². The molecule has 1 aliphatic rings. The van der Waals surface area contributed by atoms with Gasteiger partial charge in [-0.15, -0.1) is 0 Å². The molecule has 1 heterocycles. The lowest BCUT2D eigenvalue weighted by atomic mass is 9.86. The van der Waals surface area contributed by atoms with Crippen molar-refractivity contribution in [3.63, 3.8) is 0 Å². The predicted octanol–water partition coefficient (Wildman–Crippen LogP) is 3.10. The zero-order valence-electron chi connectivity index (χ0n) is 15.2. The molecule has 26 heavy (non-hydrogen) atoms. The van der Waals surface area contributed by atoms with E-state index < -0.39 is 17.3 Å². The van der Waals surface area contributed by atoms with Crippen LogP contribution < -0.4 is 0 Å². The number of hydrogen-bond acceptors (Lipinski definition) is 5. The number of nitrogens with zero attached hydrogens (tertiary/aromatic N) is 1. The molecule has 0 aliphatic carbocycles. The molecule has 0 unspecified atom stereocenters. The molecule has 2 N–H and O–H groups in total. The SMILES string of the molecule is CC(C)(C)OC(=O)N1CC(O)(CC(=O)c2ccc3ccccc3c2O)C1. The van der Waals surface area contributed by atoms with Crippen LogP contribution >= 0.6 is 0 Å². The van der Waals surface area contributed by atoms with Gasteiger partial charge in [0.25, 0.3) is 0 Å². The molecule has 0 saturated carbocycles. The number of carbonyl (C=O) groups is 2. The molecule has 0 spiro atoms. The van der Waals surface area contributed by atoms with Crippen molar-refractivity contribution in [1.82, 2.24) is 4.90 Å². The molecule has 1 aliphatic heterocycles. The summed E-state index contributed by atoms with van der Waals surface area (Å²) in [6, 6.07) is 10.6. The van der Waals surface area contributed by atoms with Crippen molar-refractivity contribution >= 4 is 22.6 Å². The fourth-order valence-electron chi connectivity index (χ4n) is 3.11. The normalized spacial score (nSPS) is 16.2. The Balaban J connectivity index is 1.68. The van der Waals surface area contributed by atoms with Gasteiger partial charge in [0.15, 0.2) is 5.78 Å². The summed E-state index contributed by atoms with van der Waals surface area (Å²) in [6.07, 6.45) is -0.679. The number of aliphatic hydroxyl groups is 1. The van der Waals surface area contributed by atoms with Crippen LogP contribution in [0.3, 0.4) is 0 Å². The third-order valence-electron chi connectivity index (χ3n) is 4.31. The maximum absolute atomic E-state index is 12.6. The third-order valence-corrected chi connectivity index (χ3v) is 4.31. The lowest BCUT2D eigenvalue weighted by molar-refractivity contribution is -0.0966. The lowest BCUT2D eigenvalue weighted by Gasteiger charge is -2.46. The van der Waals surface area contributed by atoms with Crippen LogP contribution in [-0.4, -0.2) is 51.3 Å². The second-order valence-electron chi connectivity index (χ2n) is 7.84. The predicted molar refractivity (Wildman–Crippen MR) is 97.3 cm³/mol. The van der Waals surface area contributed by atoms with Crippen molar-refractivity contribution in [2.24, 2.45) is 0 Å². The van der Waals surface area contributed by atoms with E-state index in [1.54, 1.807) is 45.0 Å². The lowest BCUT2D eigenvalue weighted by Crippen LogP contribution is -2.64. The number of β-amino-alcohol motifs (C(OH)–C–C–N with tert-alkyl or cyclic N) is 1. The van der Waals surface area contributed by atoms with E-state index in [0.29, 0.717) is 5.39 Å². The average Bonchev–Trinajstić information content (AvgIpc) is 2.51. The quantitative estimate of drug-likeness (QED) is 0.824. The van der Waals surface area contributed by atoms with Gasteiger partial charge in [-0.05, 0) is 32.2 Å². The van der Waals surface area contributed by atoms with Crippen LogP contribution in [0.5, 0.6) is 5.75 Å². The summed E-state index contributed by atoms with van der Waals surface area (Å²) >= 11 is 0. The van der Waals surface area contributed by atoms with Crippen LogP contribution in [0.15, 0.2) is 36.4 Å². The van der Waals surface area contributed by atoms with E-state index in [1.165, 1.54) is 4.90 Å². The largest absolute Gasteiger partial charge is 0.507 e. The molecule has 0 bridgehead atoms. The van der Waals surface area contributed by atoms with Crippen molar-refractivity contribution < 1.29 is 24.5 Å². The minimum atomic E-state index is -1.30. The summed E-state index contributed by atoms with van der Waals surface area (Å²) in [6.45, 7) is 5.36. The summed E-state index contributed by atoms with van der Waals surface area (Å²) in [5.41, 5.74) is -1.74. The van der Waals surface area contributed by atoms with E-state index in [-0.39, 0.29) is 36.6 Å². The number of rotatable bonds is 3. The summed E-state index contributed by atoms with van der Waals surface area (Å²) in [5, 5.41) is 22.3. The molecule has 1 saturated heterocycles. The summed E-state index contributed by atoms with van der Waals surface area (Å²) in [4.78, 5) is 25.9. The monoisotopic (exact) mass is 357 g/mol. The zero-order valence-corrected chi connectivity index (χ0v) is 15.2. The van der Waals surface area contributed by atoms with Gasteiger partial charge >= 0.3 is 6.09 Å². The molecule has 1 fully saturated rings. The van der Waals surface area contributed by atoms with Crippen LogP contribution in [0.25, 0.3) is 10.8 Å². The smallest absolute Gasteiger partial charge is 0.410 e. The highest BCUT2D eigenvalue weighted by molar-refractivity contribution is 6.05. The zero-order chi connectivity index (χ0) is 19.1. The second-order valence-corrected chi connectivity index (χ2v) is 7.84. The van der Waals surface area contributed by atoms with Crippen molar-refractivity contribution in [1.29, 1.82) is 0 Å². The number of carbonyl (C=O) groups excluding carboxylic acids is 2. The number of phenols is 1. The van der Waals surface area contributed by atoms with Crippen LogP contribution in [0.4, 0.5) is 4.79 Å². The van der Waals surface area contributed by atoms with E-state index in [9.17, 15) is 19.8 Å². The first-order chi connectivity index (χ1) is 12.1. The van der Waals surface area contributed by atoms with E-state index in [0.717, 1.165) is 5.39 Å². The summed E-state index contributed by atoms with van der Waals surface area (Å²) in [7, 11) is 0. The molecule has 138 valence electrons. The van der Waals surface area contributed by atoms with Crippen molar-refractivity contribution in [2.45, 2.75) is 38.4 Å². The fourth-order valence-corrected chi connectivity index (χ4v) is 3.11. The molecule has 3 rings (SSSR count). The third kappa shape index (κ3) is 3.65. The first kappa shape index (κ1) is 18.2. The number of aromatic hydroxyl groups is 1. The first-order valence-electron chi connectivity index (χ1n) is 8.52. The Hall–Kier alpha value is -2.60. The van der Waals surface area contributed by atoms with Gasteiger partial charge in [-0.3, -0.25) is 4.79 Å². The number of amides is 1. The number of hydrogen-bond donors (Lipinski definition) is 2. The molecule has 1 amide bonds. The minimum Gasteiger partial charge on any atom is -0.507 e. The van der Waals surface area contributed by atoms with Gasteiger partial charge in [-0.2, -0.15) is 0 Å². The summed E-state index contributed by atoms with van der Waals surface area (Å²) < 4.78 is 5.24. The van der Waals surface area contributed by atoms with Gasteiger partial charge in [-0.1, -0.05) is 30.3 Å². The Morgan fingerprint density at radius 1 is 1.15 bits per heavy atom. The molecular weight excluding hydrogens is 334 g/mol. The second kappa shape index (κ2) is 6.29. The van der Waals surface area contributed by atoms with Crippen LogP contribution in [-0.2, 0) is 4.74 Å². The van der Waals surface area contributed by atoms with E-state index >= 15 is 0 Å². The van der Waals surface area contributed by atoms with Crippen molar-refractivity contribution in [3.05, 3.63) is 42.0 Å². The van der Waals surface area contributed by atoms with E-state index in [2.05, 4.69) is 0 Å². The van der Waals surface area contributed by atoms with E-state index in [1.807, 2.05) is 12.1 Å². The minimum absolute atomic E-state index is 0.0298. The van der Waals surface area contributed by atoms with Gasteiger partial charge < -0.3 is 19.8 Å². The molecule has 0 atom stereocenters. The van der Waals surface area contributed by atoms with Gasteiger partial charge in [0.05, 0.1) is 18.7 Å². The maximum atomic E-state index is 12.6. The Labute approximate surface area is 152 Å². The van der Waals surface area contributed by atoms with Crippen molar-refractivity contribution in [2.75, 3.05) is 13.1 Å². The highest BCUT2D eigenvalue weighted by Crippen LogP contribution is 2.33. The Morgan fingerprint density at radius 2 is 1.81 bits per heavy atom. The molecule has 6 nitrogen and oxygen atoms in total. The Morgan fingerprint density at radius 3 is 2.46 bits per heavy atom. The van der Waals surface area contributed by atoms with Crippen LogP contribution in [0.1, 0.15) is 37.6 Å². The highest BCUT2D eigenvalue weighted by atomic mass is 16.6. The van der Waals surface area contributed by atoms with Crippen LogP contribution in [0, 0.1) is 0 Å². The Kier molecular flexibility index (Phi) is 4.40. The number of benzene rings is 2. The van der Waals surface area contributed by atoms with Gasteiger partial charge in [0.2, 0.25) is 0 Å². The van der Waals surface area contributed by atoms with E-state index in [4.69, 9.17) is 4.74 Å². The number of fused-ring (bicyclic) bond motifs is 1. The molecule has 6 heteroatoms. The number of ether oxygens (including phenoxy) is 1. The molecule has 0 aromatic heterocycles. The van der Waals surface area contributed by atoms with Crippen LogP contribution in [0.2, 0.25) is 0 Å². The molecule has 0 radical (unpaired) electrons. The highest BCUT2D eigenvalue weighted by Gasteiger charge is 2.46. The average molecular weight is 357 g/mol. The molecular formula is C20H23NO5. The standard InChI is InChI=1S/C20H23NO5/c1-19(2,3)26-18(24)21-11-20(25,12-21)10-16(22)15-9-8-13-6-4-5-7-14(13)17(15)23/h4-9,23,25H,10-12H2,1-3H3. The van der Waals surface area contributed by atoms with Crippen molar-refractivity contribution in [3.8, 4) is 5.75 Å². The number of ketones is 1. The number of phenolic OH excluding ortho intramolecular Hbond substituents is 1.